The average Bonchev–Trinajstić information content (AvgIpc) is 2.91. The Kier molecular flexibility index (Phi) is 7.35. The number of carbonyl (C=O) groups excluding carboxylic acids is 2. The highest BCUT2D eigenvalue weighted by Gasteiger charge is 2.60. The number of amides is 1. The number of rotatable bonds is 9. The molecule has 166 valence electrons. The molecule has 2 fully saturated rings. The molecule has 0 aromatic carbocycles. The normalized spacial score (nSPS) is 27.4. The van der Waals surface area contributed by atoms with Crippen LogP contribution in [0.2, 0.25) is 24.2 Å². The highest BCUT2D eigenvalue weighted by molar-refractivity contribution is 8.01. The van der Waals surface area contributed by atoms with Gasteiger partial charge in [0.2, 0.25) is 5.91 Å². The van der Waals surface area contributed by atoms with Crippen LogP contribution in [-0.4, -0.2) is 69.4 Å². The standard InChI is InChI=1S/C19H33NO6S2Si/c1-8-10-25-18(22)15-14(12-26-28(5,23)24)20-16(21)13(17(20)27-15)9-11-29(6,7)19(2,3)4/h8,13-15,17H,1,9-12H2,2-7H3/t13-,14?,15?,17+/m0/s1. The summed E-state index contributed by atoms with van der Waals surface area (Å²) in [5.41, 5.74) is 0. The Morgan fingerprint density at radius 3 is 2.48 bits per heavy atom. The van der Waals surface area contributed by atoms with Gasteiger partial charge in [-0.05, 0) is 11.5 Å². The number of carbonyl (C=O) groups is 2. The number of β-lactam (4-membered cyclic amide) rings is 1. The molecule has 0 N–H and O–H groups in total. The maximum Gasteiger partial charge on any atom is 0.321 e. The van der Waals surface area contributed by atoms with E-state index in [4.69, 9.17) is 8.92 Å². The summed E-state index contributed by atoms with van der Waals surface area (Å²) in [7, 11) is -5.21. The van der Waals surface area contributed by atoms with Crippen molar-refractivity contribution in [2.75, 3.05) is 19.5 Å². The summed E-state index contributed by atoms with van der Waals surface area (Å²) in [6, 6.07) is 0.377. The van der Waals surface area contributed by atoms with E-state index in [9.17, 15) is 18.0 Å². The lowest BCUT2D eigenvalue weighted by Crippen LogP contribution is -2.61. The maximum atomic E-state index is 12.9. The van der Waals surface area contributed by atoms with Crippen molar-refractivity contribution in [3.05, 3.63) is 12.7 Å². The number of hydrogen-bond donors (Lipinski definition) is 0. The lowest BCUT2D eigenvalue weighted by atomic mass is 9.93. The molecule has 2 saturated heterocycles. The van der Waals surface area contributed by atoms with Gasteiger partial charge in [0.25, 0.3) is 10.1 Å². The minimum absolute atomic E-state index is 0.0256. The zero-order valence-corrected chi connectivity index (χ0v) is 20.8. The van der Waals surface area contributed by atoms with E-state index in [1.165, 1.54) is 17.8 Å². The Morgan fingerprint density at radius 1 is 1.34 bits per heavy atom. The van der Waals surface area contributed by atoms with Crippen LogP contribution >= 0.6 is 11.8 Å². The first-order valence-corrected chi connectivity index (χ1v) is 15.8. The topological polar surface area (TPSA) is 90.0 Å². The molecule has 2 rings (SSSR count). The first-order valence-electron chi connectivity index (χ1n) is 9.79. The lowest BCUT2D eigenvalue weighted by molar-refractivity contribution is -0.155. The first kappa shape index (κ1) is 24.4. The number of fused-ring (bicyclic) bond motifs is 1. The summed E-state index contributed by atoms with van der Waals surface area (Å²) in [4.78, 5) is 27.0. The van der Waals surface area contributed by atoms with E-state index in [1.807, 2.05) is 0 Å². The third kappa shape index (κ3) is 5.45. The Morgan fingerprint density at radius 2 is 1.97 bits per heavy atom. The van der Waals surface area contributed by atoms with Crippen LogP contribution in [0.4, 0.5) is 0 Å². The van der Waals surface area contributed by atoms with Crippen molar-refractivity contribution in [3.8, 4) is 0 Å². The molecule has 0 spiro atoms. The monoisotopic (exact) mass is 463 g/mol. The molecule has 0 aromatic rings. The highest BCUT2D eigenvalue weighted by Crippen LogP contribution is 2.51. The number of thioether (sulfide) groups is 1. The summed E-state index contributed by atoms with van der Waals surface area (Å²) in [6.45, 7) is 14.8. The minimum Gasteiger partial charge on any atom is -0.461 e. The molecule has 1 amide bonds. The smallest absolute Gasteiger partial charge is 0.321 e. The van der Waals surface area contributed by atoms with E-state index in [0.717, 1.165) is 18.7 Å². The van der Waals surface area contributed by atoms with Crippen LogP contribution in [0, 0.1) is 5.92 Å². The fraction of sp³-hybridized carbons (Fsp3) is 0.789. The molecule has 2 unspecified atom stereocenters. The van der Waals surface area contributed by atoms with Gasteiger partial charge in [-0.1, -0.05) is 52.6 Å². The predicted octanol–water partition coefficient (Wildman–Crippen LogP) is 2.86. The quantitative estimate of drug-likeness (QED) is 0.171. The lowest BCUT2D eigenvalue weighted by Gasteiger charge is -2.46. The SMILES string of the molecule is C=CCOC(=O)C1S[C@@H]2[C@@H](CC[Si](C)(C)C(C)(C)C)C(=O)N2C1COS(C)(=O)=O. The Balaban J connectivity index is 2.12. The van der Waals surface area contributed by atoms with Gasteiger partial charge in [-0.15, -0.1) is 11.8 Å². The van der Waals surface area contributed by atoms with Gasteiger partial charge in [0.15, 0.2) is 0 Å². The zero-order chi connectivity index (χ0) is 22.2. The Hall–Kier alpha value is -0.843. The maximum absolute atomic E-state index is 12.9. The molecule has 0 radical (unpaired) electrons. The van der Waals surface area contributed by atoms with Crippen LogP contribution in [0.3, 0.4) is 0 Å². The Labute approximate surface area is 179 Å². The fourth-order valence-corrected chi connectivity index (χ4v) is 7.28. The van der Waals surface area contributed by atoms with Crippen LogP contribution in [-0.2, 0) is 28.6 Å². The molecular weight excluding hydrogens is 430 g/mol. The second kappa shape index (κ2) is 8.72. The van der Waals surface area contributed by atoms with Gasteiger partial charge in [-0.2, -0.15) is 8.42 Å². The molecule has 0 saturated carbocycles. The van der Waals surface area contributed by atoms with Crippen molar-refractivity contribution >= 4 is 41.8 Å². The second-order valence-corrected chi connectivity index (χ2v) is 18.1. The van der Waals surface area contributed by atoms with Gasteiger partial charge in [0, 0.05) is 0 Å². The van der Waals surface area contributed by atoms with Gasteiger partial charge in [-0.25, -0.2) is 0 Å². The van der Waals surface area contributed by atoms with Crippen LogP contribution in [0.15, 0.2) is 12.7 Å². The van der Waals surface area contributed by atoms with Crippen LogP contribution in [0.25, 0.3) is 0 Å². The largest absolute Gasteiger partial charge is 0.461 e. The minimum atomic E-state index is -3.68. The summed E-state index contributed by atoms with van der Waals surface area (Å²) in [6.07, 6.45) is 3.22. The summed E-state index contributed by atoms with van der Waals surface area (Å²) < 4.78 is 33.0. The van der Waals surface area contributed by atoms with Crippen molar-refractivity contribution in [1.82, 2.24) is 4.90 Å². The van der Waals surface area contributed by atoms with E-state index in [-0.39, 0.29) is 35.5 Å². The molecule has 0 bridgehead atoms. The van der Waals surface area contributed by atoms with Gasteiger partial charge in [0.05, 0.1) is 38.3 Å². The molecule has 2 aliphatic heterocycles. The van der Waals surface area contributed by atoms with E-state index in [2.05, 4.69) is 40.4 Å². The molecule has 29 heavy (non-hydrogen) atoms. The van der Waals surface area contributed by atoms with Crippen molar-refractivity contribution in [1.29, 1.82) is 0 Å². The third-order valence-corrected chi connectivity index (χ3v) is 14.1. The molecule has 0 aliphatic carbocycles. The molecule has 4 atom stereocenters. The Bertz CT molecular complexity index is 761. The van der Waals surface area contributed by atoms with Crippen molar-refractivity contribution < 1.29 is 26.9 Å². The van der Waals surface area contributed by atoms with Crippen LogP contribution < -0.4 is 0 Å². The van der Waals surface area contributed by atoms with Crippen LogP contribution in [0.5, 0.6) is 0 Å². The van der Waals surface area contributed by atoms with E-state index < -0.39 is 35.5 Å². The van der Waals surface area contributed by atoms with Gasteiger partial charge in [0.1, 0.15) is 11.9 Å². The zero-order valence-electron chi connectivity index (χ0n) is 18.1. The molecule has 0 aromatic heterocycles. The third-order valence-electron chi connectivity index (χ3n) is 6.32. The van der Waals surface area contributed by atoms with Crippen molar-refractivity contribution in [3.63, 3.8) is 0 Å². The molecule has 7 nitrogen and oxygen atoms in total. The molecule has 10 heteroatoms. The average molecular weight is 464 g/mol. The van der Waals surface area contributed by atoms with Gasteiger partial charge < -0.3 is 9.64 Å². The number of ether oxygens (including phenoxy) is 1. The van der Waals surface area contributed by atoms with Crippen molar-refractivity contribution in [2.45, 2.75) is 68.0 Å². The van der Waals surface area contributed by atoms with Crippen molar-refractivity contribution in [2.24, 2.45) is 5.92 Å². The van der Waals surface area contributed by atoms with E-state index in [1.54, 1.807) is 4.90 Å². The molecule has 2 heterocycles. The van der Waals surface area contributed by atoms with Gasteiger partial charge >= 0.3 is 5.97 Å². The summed E-state index contributed by atoms with van der Waals surface area (Å²) >= 11 is 1.38. The first-order chi connectivity index (χ1) is 13.2. The van der Waals surface area contributed by atoms with E-state index in [0.29, 0.717) is 0 Å². The summed E-state index contributed by atoms with van der Waals surface area (Å²) in [5.74, 6) is -0.642. The second-order valence-electron chi connectivity index (χ2n) is 9.45. The van der Waals surface area contributed by atoms with Gasteiger partial charge in [-0.3, -0.25) is 13.8 Å². The number of hydrogen-bond acceptors (Lipinski definition) is 7. The molecule has 2 aliphatic rings. The molecular formula is C19H33NO6S2Si. The fourth-order valence-electron chi connectivity index (χ4n) is 3.40. The summed E-state index contributed by atoms with van der Waals surface area (Å²) in [5, 5.41) is -0.559. The predicted molar refractivity (Wildman–Crippen MR) is 118 cm³/mol. The van der Waals surface area contributed by atoms with Crippen LogP contribution in [0.1, 0.15) is 27.2 Å². The highest BCUT2D eigenvalue weighted by atomic mass is 32.2. The number of esters is 1. The number of nitrogens with zero attached hydrogens (tertiary/aromatic N) is 1. The van der Waals surface area contributed by atoms with E-state index >= 15 is 0 Å².